The van der Waals surface area contributed by atoms with E-state index in [1.165, 1.54) is 4.88 Å². The lowest BCUT2D eigenvalue weighted by Gasteiger charge is -2.21. The minimum absolute atomic E-state index is 0.144. The average Bonchev–Trinajstić information content (AvgIpc) is 2.93. The first-order valence-corrected chi connectivity index (χ1v) is 8.36. The number of nitrogens with one attached hydrogen (secondary N) is 1. The van der Waals surface area contributed by atoms with E-state index in [4.69, 9.17) is 0 Å². The van der Waals surface area contributed by atoms with Gasteiger partial charge in [-0.25, -0.2) is 0 Å². The maximum atomic E-state index is 11.1. The molecule has 2 aromatic rings. The molecular formula is C15H17BrN2O2S. The first kappa shape index (κ1) is 16.1. The summed E-state index contributed by atoms with van der Waals surface area (Å²) in [5.41, 5.74) is 0.843. The van der Waals surface area contributed by atoms with Gasteiger partial charge in [0.2, 0.25) is 0 Å². The second-order valence-corrected chi connectivity index (χ2v) is 7.04. The van der Waals surface area contributed by atoms with Gasteiger partial charge in [-0.05, 0) is 29.5 Å². The fourth-order valence-electron chi connectivity index (χ4n) is 2.21. The number of benzene rings is 1. The Labute approximate surface area is 136 Å². The molecule has 0 spiro atoms. The van der Waals surface area contributed by atoms with E-state index in [2.05, 4.69) is 46.5 Å². The normalized spacial score (nSPS) is 12.6. The molecule has 0 aliphatic rings. The molecule has 112 valence electrons. The van der Waals surface area contributed by atoms with Crippen molar-refractivity contribution in [1.82, 2.24) is 5.32 Å². The predicted octanol–water partition coefficient (Wildman–Crippen LogP) is 4.91. The van der Waals surface area contributed by atoms with Crippen LogP contribution >= 0.6 is 27.3 Å². The fourth-order valence-corrected chi connectivity index (χ4v) is 3.53. The molecule has 1 aromatic heterocycles. The van der Waals surface area contributed by atoms with Crippen LogP contribution in [0, 0.1) is 16.0 Å². The molecule has 2 rings (SSSR count). The topological polar surface area (TPSA) is 55.2 Å². The highest BCUT2D eigenvalue weighted by Crippen LogP contribution is 2.28. The molecule has 1 N–H and O–H groups in total. The molecule has 1 heterocycles. The van der Waals surface area contributed by atoms with E-state index in [9.17, 15) is 10.1 Å². The lowest BCUT2D eigenvalue weighted by Crippen LogP contribution is -2.24. The fraction of sp³-hybridized carbons (Fsp3) is 0.333. The van der Waals surface area contributed by atoms with E-state index in [1.54, 1.807) is 23.5 Å². The standard InChI is InChI=1S/C15H17BrN2O2S/c1-10(2)15(14-4-3-7-21-14)17-9-11-5-6-12(16)8-13(11)18(19)20/h3-8,10,15,17H,9H2,1-2H3. The minimum Gasteiger partial charge on any atom is -0.305 e. The molecule has 0 aliphatic carbocycles. The van der Waals surface area contributed by atoms with Crippen molar-refractivity contribution in [1.29, 1.82) is 0 Å². The Morgan fingerprint density at radius 2 is 2.14 bits per heavy atom. The van der Waals surface area contributed by atoms with Crippen LogP contribution in [0.5, 0.6) is 0 Å². The Bertz CT molecular complexity index is 614. The number of rotatable bonds is 6. The van der Waals surface area contributed by atoms with Gasteiger partial charge in [0.15, 0.2) is 0 Å². The van der Waals surface area contributed by atoms with Crippen LogP contribution in [0.2, 0.25) is 0 Å². The molecule has 1 unspecified atom stereocenters. The Morgan fingerprint density at radius 3 is 2.71 bits per heavy atom. The number of hydrogen-bond donors (Lipinski definition) is 1. The number of halogens is 1. The van der Waals surface area contributed by atoms with Gasteiger partial charge in [-0.3, -0.25) is 10.1 Å². The summed E-state index contributed by atoms with van der Waals surface area (Å²) in [7, 11) is 0. The zero-order valence-electron chi connectivity index (χ0n) is 11.9. The first-order chi connectivity index (χ1) is 9.99. The van der Waals surface area contributed by atoms with E-state index in [1.807, 2.05) is 12.1 Å². The van der Waals surface area contributed by atoms with Crippen LogP contribution in [0.3, 0.4) is 0 Å². The first-order valence-electron chi connectivity index (χ1n) is 6.68. The summed E-state index contributed by atoms with van der Waals surface area (Å²) in [6, 6.07) is 9.50. The van der Waals surface area contributed by atoms with Crippen molar-refractivity contribution in [2.24, 2.45) is 5.92 Å². The average molecular weight is 369 g/mol. The van der Waals surface area contributed by atoms with E-state index in [-0.39, 0.29) is 16.7 Å². The zero-order valence-corrected chi connectivity index (χ0v) is 14.3. The third kappa shape index (κ3) is 4.12. The van der Waals surface area contributed by atoms with Crippen LogP contribution < -0.4 is 5.32 Å². The van der Waals surface area contributed by atoms with Crippen LogP contribution in [-0.4, -0.2) is 4.92 Å². The molecule has 21 heavy (non-hydrogen) atoms. The van der Waals surface area contributed by atoms with Gasteiger partial charge < -0.3 is 5.32 Å². The monoisotopic (exact) mass is 368 g/mol. The van der Waals surface area contributed by atoms with Crippen molar-refractivity contribution >= 4 is 33.0 Å². The van der Waals surface area contributed by atoms with Gasteiger partial charge in [0, 0.05) is 33.6 Å². The predicted molar refractivity (Wildman–Crippen MR) is 89.5 cm³/mol. The van der Waals surface area contributed by atoms with Crippen LogP contribution in [-0.2, 0) is 6.54 Å². The van der Waals surface area contributed by atoms with Gasteiger partial charge in [0.1, 0.15) is 0 Å². The Morgan fingerprint density at radius 1 is 1.38 bits per heavy atom. The van der Waals surface area contributed by atoms with Gasteiger partial charge in [0.25, 0.3) is 5.69 Å². The zero-order chi connectivity index (χ0) is 15.4. The molecule has 1 aromatic carbocycles. The molecule has 0 fully saturated rings. The van der Waals surface area contributed by atoms with E-state index >= 15 is 0 Å². The number of hydrogen-bond acceptors (Lipinski definition) is 4. The van der Waals surface area contributed by atoms with Crippen LogP contribution in [0.25, 0.3) is 0 Å². The number of nitrogens with zero attached hydrogens (tertiary/aromatic N) is 1. The number of nitro benzene ring substituents is 1. The molecule has 0 radical (unpaired) electrons. The van der Waals surface area contributed by atoms with Crippen molar-refractivity contribution in [2.45, 2.75) is 26.4 Å². The second-order valence-electron chi connectivity index (χ2n) is 5.15. The molecular weight excluding hydrogens is 352 g/mol. The van der Waals surface area contributed by atoms with Crippen molar-refractivity contribution in [3.63, 3.8) is 0 Å². The lowest BCUT2D eigenvalue weighted by molar-refractivity contribution is -0.385. The highest BCUT2D eigenvalue weighted by atomic mass is 79.9. The van der Waals surface area contributed by atoms with E-state index in [0.29, 0.717) is 18.0 Å². The van der Waals surface area contributed by atoms with Crippen LogP contribution in [0.15, 0.2) is 40.2 Å². The van der Waals surface area contributed by atoms with Gasteiger partial charge in [-0.1, -0.05) is 35.8 Å². The summed E-state index contributed by atoms with van der Waals surface area (Å²) in [6.07, 6.45) is 0. The van der Waals surface area contributed by atoms with Gasteiger partial charge in [-0.2, -0.15) is 0 Å². The maximum absolute atomic E-state index is 11.1. The summed E-state index contributed by atoms with van der Waals surface area (Å²) >= 11 is 4.98. The summed E-state index contributed by atoms with van der Waals surface area (Å²) < 4.78 is 0.719. The maximum Gasteiger partial charge on any atom is 0.275 e. The quantitative estimate of drug-likeness (QED) is 0.582. The number of thiophene rings is 1. The summed E-state index contributed by atoms with van der Waals surface area (Å²) in [5, 5.41) is 16.6. The Kier molecular flexibility index (Phi) is 5.50. The SMILES string of the molecule is CC(C)C(NCc1ccc(Br)cc1[N+](=O)[O-])c1cccs1. The molecule has 0 aliphatic heterocycles. The third-order valence-electron chi connectivity index (χ3n) is 3.27. The summed E-state index contributed by atoms with van der Waals surface area (Å²) in [6.45, 7) is 4.77. The van der Waals surface area contributed by atoms with Crippen molar-refractivity contribution in [3.8, 4) is 0 Å². The lowest BCUT2D eigenvalue weighted by atomic mass is 10.0. The minimum atomic E-state index is -0.336. The summed E-state index contributed by atoms with van der Waals surface area (Å²) in [4.78, 5) is 12.1. The van der Waals surface area contributed by atoms with Gasteiger partial charge in [0.05, 0.1) is 4.92 Å². The highest BCUT2D eigenvalue weighted by molar-refractivity contribution is 9.10. The van der Waals surface area contributed by atoms with E-state index in [0.717, 1.165) is 4.47 Å². The molecule has 0 saturated heterocycles. The van der Waals surface area contributed by atoms with Crippen LogP contribution in [0.4, 0.5) is 5.69 Å². The largest absolute Gasteiger partial charge is 0.305 e. The molecule has 0 saturated carbocycles. The van der Waals surface area contributed by atoms with Gasteiger partial charge >= 0.3 is 0 Å². The van der Waals surface area contributed by atoms with Gasteiger partial charge in [-0.15, -0.1) is 11.3 Å². The molecule has 4 nitrogen and oxygen atoms in total. The van der Waals surface area contributed by atoms with E-state index < -0.39 is 0 Å². The Hall–Kier alpha value is -1.24. The number of nitro groups is 1. The molecule has 6 heteroatoms. The molecule has 0 amide bonds. The molecule has 1 atom stereocenters. The van der Waals surface area contributed by atoms with Crippen molar-refractivity contribution in [2.75, 3.05) is 0 Å². The van der Waals surface area contributed by atoms with Crippen LogP contribution in [0.1, 0.15) is 30.3 Å². The Balaban J connectivity index is 2.16. The highest BCUT2D eigenvalue weighted by Gasteiger charge is 2.19. The summed E-state index contributed by atoms with van der Waals surface area (Å²) in [5.74, 6) is 0.415. The third-order valence-corrected chi connectivity index (χ3v) is 4.72. The second kappa shape index (κ2) is 7.15. The smallest absolute Gasteiger partial charge is 0.275 e. The molecule has 0 bridgehead atoms. The van der Waals surface area contributed by atoms with Crippen molar-refractivity contribution in [3.05, 3.63) is 60.7 Å². The van der Waals surface area contributed by atoms with Crippen molar-refractivity contribution < 1.29 is 4.92 Å².